The maximum atomic E-state index is 13.4. The summed E-state index contributed by atoms with van der Waals surface area (Å²) in [6.07, 6.45) is 8.56. The van der Waals surface area contributed by atoms with Crippen molar-refractivity contribution in [3.05, 3.63) is 52.6 Å². The highest BCUT2D eigenvalue weighted by molar-refractivity contribution is 5.78. The van der Waals surface area contributed by atoms with Gasteiger partial charge in [-0.15, -0.1) is 0 Å². The standard InChI is InChI=1S/C34H50N4O5/c1-24(18-25-12-8-7-9-13-25)30(40)37-17-16-34(42,33(5,6)21-37)22-38-23-36-28(19-29(38)39)27-15-11-10-14-26(27)20-35-31(41)43-32(2,3)4/h10-11,14-15,19,23-25,42H,7-9,12-13,16-18,20-22H2,1-6H3,(H,35,41)/t24-,34?/m1/s1. The second-order valence-corrected chi connectivity index (χ2v) is 14.3. The molecule has 1 saturated carbocycles. The van der Waals surface area contributed by atoms with Crippen LogP contribution in [0.3, 0.4) is 0 Å². The van der Waals surface area contributed by atoms with Gasteiger partial charge in [0.05, 0.1) is 24.2 Å². The van der Waals surface area contributed by atoms with Crippen molar-refractivity contribution in [2.24, 2.45) is 17.3 Å². The number of aliphatic hydroxyl groups is 1. The number of hydrogen-bond donors (Lipinski definition) is 2. The van der Waals surface area contributed by atoms with Crippen molar-refractivity contribution in [3.8, 4) is 11.3 Å². The van der Waals surface area contributed by atoms with Gasteiger partial charge in [0.1, 0.15) is 5.60 Å². The molecule has 2 amide bonds. The molecular formula is C34H50N4O5. The van der Waals surface area contributed by atoms with E-state index in [-0.39, 0.29) is 30.5 Å². The molecule has 0 radical (unpaired) electrons. The quantitative estimate of drug-likeness (QED) is 0.416. The Bertz CT molecular complexity index is 1340. The van der Waals surface area contributed by atoms with E-state index in [1.807, 2.05) is 49.9 Å². The van der Waals surface area contributed by atoms with Gasteiger partial charge < -0.3 is 20.1 Å². The summed E-state index contributed by atoms with van der Waals surface area (Å²) in [5.41, 5.74) is -0.663. The van der Waals surface area contributed by atoms with Gasteiger partial charge >= 0.3 is 6.09 Å². The molecular weight excluding hydrogens is 544 g/mol. The molecule has 9 nitrogen and oxygen atoms in total. The Labute approximate surface area is 256 Å². The summed E-state index contributed by atoms with van der Waals surface area (Å²) in [4.78, 5) is 45.3. The number of hydrogen-bond acceptors (Lipinski definition) is 6. The predicted molar refractivity (Wildman–Crippen MR) is 167 cm³/mol. The second kappa shape index (κ2) is 13.2. The largest absolute Gasteiger partial charge is 0.444 e. The summed E-state index contributed by atoms with van der Waals surface area (Å²) in [5.74, 6) is 0.786. The normalized spacial score (nSPS) is 21.7. The van der Waals surface area contributed by atoms with Gasteiger partial charge in [0.2, 0.25) is 5.91 Å². The number of likely N-dealkylation sites (tertiary alicyclic amines) is 1. The minimum absolute atomic E-state index is 0.0216. The summed E-state index contributed by atoms with van der Waals surface area (Å²) in [5, 5.41) is 14.6. The number of amides is 2. The van der Waals surface area contributed by atoms with Crippen LogP contribution in [-0.4, -0.2) is 55.8 Å². The first kappa shape index (κ1) is 32.7. The molecule has 4 rings (SSSR count). The SMILES string of the molecule is C[C@H](CC1CCCCC1)C(=O)N1CCC(O)(Cn2cnc(-c3ccccc3CNC(=O)OC(C)(C)C)cc2=O)C(C)(C)C1. The van der Waals surface area contributed by atoms with E-state index in [1.165, 1.54) is 49.1 Å². The van der Waals surface area contributed by atoms with Crippen molar-refractivity contribution in [2.45, 2.75) is 111 Å². The van der Waals surface area contributed by atoms with Crippen molar-refractivity contribution in [1.82, 2.24) is 19.8 Å². The van der Waals surface area contributed by atoms with Crippen molar-refractivity contribution in [1.29, 1.82) is 0 Å². The van der Waals surface area contributed by atoms with Gasteiger partial charge in [-0.3, -0.25) is 14.2 Å². The highest BCUT2D eigenvalue weighted by atomic mass is 16.6. The van der Waals surface area contributed by atoms with Crippen molar-refractivity contribution >= 4 is 12.0 Å². The van der Waals surface area contributed by atoms with Crippen LogP contribution >= 0.6 is 0 Å². The molecule has 0 spiro atoms. The first-order valence-electron chi connectivity index (χ1n) is 15.8. The van der Waals surface area contributed by atoms with Crippen LogP contribution in [-0.2, 0) is 22.6 Å². The number of aromatic nitrogens is 2. The molecule has 1 saturated heterocycles. The Morgan fingerprint density at radius 2 is 1.86 bits per heavy atom. The maximum absolute atomic E-state index is 13.4. The Kier molecular flexibility index (Phi) is 10.0. The average molecular weight is 595 g/mol. The molecule has 2 aromatic rings. The third kappa shape index (κ3) is 8.25. The smallest absolute Gasteiger partial charge is 0.407 e. The van der Waals surface area contributed by atoms with E-state index >= 15 is 0 Å². The minimum Gasteiger partial charge on any atom is -0.444 e. The lowest BCUT2D eigenvalue weighted by Gasteiger charge is -2.50. The van der Waals surface area contributed by atoms with Crippen LogP contribution in [0.15, 0.2) is 41.5 Å². The van der Waals surface area contributed by atoms with Crippen LogP contribution in [0, 0.1) is 17.3 Å². The number of piperidine rings is 1. The van der Waals surface area contributed by atoms with Crippen LogP contribution in [0.25, 0.3) is 11.3 Å². The first-order valence-corrected chi connectivity index (χ1v) is 15.8. The average Bonchev–Trinajstić information content (AvgIpc) is 2.94. The number of ether oxygens (including phenoxy) is 1. The topological polar surface area (TPSA) is 114 Å². The number of benzene rings is 1. The number of nitrogens with one attached hydrogen (secondary N) is 1. The molecule has 2 heterocycles. The van der Waals surface area contributed by atoms with Crippen molar-refractivity contribution in [3.63, 3.8) is 0 Å². The van der Waals surface area contributed by atoms with Crippen LogP contribution in [0.1, 0.15) is 92.1 Å². The van der Waals surface area contributed by atoms with E-state index in [0.717, 1.165) is 17.5 Å². The molecule has 236 valence electrons. The summed E-state index contributed by atoms with van der Waals surface area (Å²) >= 11 is 0. The summed E-state index contributed by atoms with van der Waals surface area (Å²) in [6.45, 7) is 12.6. The van der Waals surface area contributed by atoms with Gasteiger partial charge in [0, 0.05) is 42.6 Å². The summed E-state index contributed by atoms with van der Waals surface area (Å²) in [7, 11) is 0. The van der Waals surface area contributed by atoms with Gasteiger partial charge in [-0.1, -0.05) is 77.1 Å². The van der Waals surface area contributed by atoms with Crippen LogP contribution in [0.2, 0.25) is 0 Å². The van der Waals surface area contributed by atoms with Crippen LogP contribution in [0.4, 0.5) is 4.79 Å². The van der Waals surface area contributed by atoms with E-state index in [2.05, 4.69) is 10.3 Å². The van der Waals surface area contributed by atoms with E-state index in [1.54, 1.807) is 20.8 Å². The molecule has 2 atom stereocenters. The number of nitrogens with zero attached hydrogens (tertiary/aromatic N) is 3. The lowest BCUT2D eigenvalue weighted by Crippen LogP contribution is -2.61. The third-order valence-electron chi connectivity index (χ3n) is 9.21. The fraction of sp³-hybridized carbons (Fsp3) is 0.647. The monoisotopic (exact) mass is 594 g/mol. The molecule has 1 aromatic carbocycles. The van der Waals surface area contributed by atoms with E-state index in [9.17, 15) is 19.5 Å². The molecule has 2 aliphatic rings. The maximum Gasteiger partial charge on any atom is 0.407 e. The van der Waals surface area contributed by atoms with Crippen molar-refractivity contribution in [2.75, 3.05) is 13.1 Å². The highest BCUT2D eigenvalue weighted by Crippen LogP contribution is 2.40. The van der Waals surface area contributed by atoms with Crippen LogP contribution in [0.5, 0.6) is 0 Å². The van der Waals surface area contributed by atoms with E-state index in [0.29, 0.717) is 31.1 Å². The zero-order chi connectivity index (χ0) is 31.4. The Morgan fingerprint density at radius 1 is 1.16 bits per heavy atom. The van der Waals surface area contributed by atoms with Gasteiger partial charge in [0.15, 0.2) is 0 Å². The van der Waals surface area contributed by atoms with Gasteiger partial charge in [-0.05, 0) is 45.1 Å². The predicted octanol–water partition coefficient (Wildman–Crippen LogP) is 5.53. The Hall–Kier alpha value is -3.20. The molecule has 43 heavy (non-hydrogen) atoms. The molecule has 1 aliphatic carbocycles. The summed E-state index contributed by atoms with van der Waals surface area (Å²) in [6, 6.07) is 8.92. The number of rotatable bonds is 8. The first-order chi connectivity index (χ1) is 20.2. The lowest BCUT2D eigenvalue weighted by atomic mass is 9.69. The Balaban J connectivity index is 1.42. The van der Waals surface area contributed by atoms with Crippen molar-refractivity contribution < 1.29 is 19.4 Å². The molecule has 1 aliphatic heterocycles. The number of alkyl carbamates (subject to hydrolysis) is 1. The lowest BCUT2D eigenvalue weighted by molar-refractivity contribution is -0.157. The zero-order valence-corrected chi connectivity index (χ0v) is 26.8. The molecule has 1 aromatic heterocycles. The fourth-order valence-corrected chi connectivity index (χ4v) is 6.56. The Morgan fingerprint density at radius 3 is 2.51 bits per heavy atom. The number of carbonyl (C=O) groups is 2. The van der Waals surface area contributed by atoms with Gasteiger partial charge in [0.25, 0.3) is 5.56 Å². The molecule has 0 bridgehead atoms. The van der Waals surface area contributed by atoms with E-state index < -0.39 is 22.7 Å². The second-order valence-electron chi connectivity index (χ2n) is 14.3. The molecule has 2 N–H and O–H groups in total. The van der Waals surface area contributed by atoms with Crippen LogP contribution < -0.4 is 10.9 Å². The van der Waals surface area contributed by atoms with Gasteiger partial charge in [-0.25, -0.2) is 9.78 Å². The fourth-order valence-electron chi connectivity index (χ4n) is 6.56. The number of carbonyl (C=O) groups excluding carboxylic acids is 2. The molecule has 1 unspecified atom stereocenters. The minimum atomic E-state index is -1.18. The highest BCUT2D eigenvalue weighted by Gasteiger charge is 2.49. The van der Waals surface area contributed by atoms with E-state index in [4.69, 9.17) is 4.74 Å². The third-order valence-corrected chi connectivity index (χ3v) is 9.21. The summed E-state index contributed by atoms with van der Waals surface area (Å²) < 4.78 is 6.79. The molecule has 9 heteroatoms. The van der Waals surface area contributed by atoms with Gasteiger partial charge in [-0.2, -0.15) is 0 Å². The molecule has 2 fully saturated rings. The zero-order valence-electron chi connectivity index (χ0n) is 26.8.